The third kappa shape index (κ3) is 4.38. The van der Waals surface area contributed by atoms with Crippen LogP contribution in [0.15, 0.2) is 73.2 Å². The van der Waals surface area contributed by atoms with Crippen molar-refractivity contribution in [3.63, 3.8) is 0 Å². The van der Waals surface area contributed by atoms with Crippen LogP contribution in [0.2, 0.25) is 0 Å². The number of aromatic amines is 1. The van der Waals surface area contributed by atoms with Gasteiger partial charge < -0.3 is 19.8 Å². The number of fused-ring (bicyclic) bond motifs is 1. The Labute approximate surface area is 181 Å². The van der Waals surface area contributed by atoms with Gasteiger partial charge in [0.15, 0.2) is 11.5 Å². The predicted molar refractivity (Wildman–Crippen MR) is 120 cm³/mol. The van der Waals surface area contributed by atoms with E-state index in [2.05, 4.69) is 21.4 Å². The first-order valence-corrected chi connectivity index (χ1v) is 10.1. The Bertz CT molecular complexity index is 1170. The van der Waals surface area contributed by atoms with Gasteiger partial charge in [-0.1, -0.05) is 30.3 Å². The molecule has 2 heterocycles. The Kier molecular flexibility index (Phi) is 6.17. The van der Waals surface area contributed by atoms with Gasteiger partial charge in [-0.3, -0.25) is 9.78 Å². The smallest absolute Gasteiger partial charge is 0.221 e. The van der Waals surface area contributed by atoms with E-state index in [0.717, 1.165) is 27.6 Å². The molecule has 158 valence electrons. The molecular weight excluding hydrogens is 390 g/mol. The van der Waals surface area contributed by atoms with Crippen molar-refractivity contribution in [3.05, 3.63) is 89.9 Å². The molecule has 2 aromatic heterocycles. The van der Waals surface area contributed by atoms with Gasteiger partial charge in [-0.15, -0.1) is 0 Å². The molecule has 0 aliphatic heterocycles. The van der Waals surface area contributed by atoms with E-state index >= 15 is 0 Å². The van der Waals surface area contributed by atoms with Gasteiger partial charge in [0.25, 0.3) is 0 Å². The molecule has 0 saturated heterocycles. The topological polar surface area (TPSA) is 76.2 Å². The first-order chi connectivity index (χ1) is 15.2. The molecule has 31 heavy (non-hydrogen) atoms. The number of hydrogen-bond acceptors (Lipinski definition) is 4. The van der Waals surface area contributed by atoms with Crippen LogP contribution in [-0.2, 0) is 11.3 Å². The molecule has 2 N–H and O–H groups in total. The number of aromatic nitrogens is 2. The second-order valence-electron chi connectivity index (χ2n) is 7.26. The van der Waals surface area contributed by atoms with Crippen LogP contribution in [0.25, 0.3) is 10.9 Å². The van der Waals surface area contributed by atoms with Gasteiger partial charge in [0.2, 0.25) is 5.91 Å². The number of H-pyrrole nitrogens is 1. The number of carbonyl (C=O) groups is 1. The number of methoxy groups -OCH3 is 2. The summed E-state index contributed by atoms with van der Waals surface area (Å²) in [5, 5.41) is 4.11. The Morgan fingerprint density at radius 2 is 1.81 bits per heavy atom. The fraction of sp³-hybridized carbons (Fsp3) is 0.200. The number of carbonyl (C=O) groups excluding carboxylic acids is 1. The second kappa shape index (κ2) is 9.34. The minimum Gasteiger partial charge on any atom is -0.493 e. The van der Waals surface area contributed by atoms with Crippen molar-refractivity contribution in [1.29, 1.82) is 0 Å². The monoisotopic (exact) mass is 415 g/mol. The third-order valence-corrected chi connectivity index (χ3v) is 5.43. The molecule has 0 aliphatic carbocycles. The van der Waals surface area contributed by atoms with E-state index in [4.69, 9.17) is 9.47 Å². The number of nitrogens with one attached hydrogen (secondary N) is 2. The van der Waals surface area contributed by atoms with E-state index in [0.29, 0.717) is 18.0 Å². The van der Waals surface area contributed by atoms with Gasteiger partial charge in [-0.05, 0) is 35.4 Å². The maximum absolute atomic E-state index is 13.0. The number of para-hydroxylation sites is 2. The van der Waals surface area contributed by atoms with Crippen LogP contribution in [0.4, 0.5) is 0 Å². The van der Waals surface area contributed by atoms with Crippen molar-refractivity contribution in [3.8, 4) is 11.5 Å². The standard InChI is InChI=1S/C25H25N3O3/c1-30-23-9-5-7-19(25(23)31-2)20(21-16-27-22-8-4-3-6-18(21)22)14-24(29)28-15-17-10-12-26-13-11-17/h3-13,16,20,27H,14-15H2,1-2H3,(H,28,29)/t20-/m1/s1. The number of benzene rings is 2. The lowest BCUT2D eigenvalue weighted by molar-refractivity contribution is -0.121. The highest BCUT2D eigenvalue weighted by molar-refractivity contribution is 5.86. The van der Waals surface area contributed by atoms with Gasteiger partial charge in [0.1, 0.15) is 0 Å². The number of hydrogen-bond donors (Lipinski definition) is 2. The Morgan fingerprint density at radius 1 is 1.00 bits per heavy atom. The lowest BCUT2D eigenvalue weighted by Gasteiger charge is -2.21. The van der Waals surface area contributed by atoms with E-state index in [-0.39, 0.29) is 18.2 Å². The molecule has 0 saturated carbocycles. The number of pyridine rings is 1. The van der Waals surface area contributed by atoms with Crippen molar-refractivity contribution in [2.75, 3.05) is 14.2 Å². The minimum absolute atomic E-state index is 0.0445. The molecule has 4 rings (SSSR count). The highest BCUT2D eigenvalue weighted by Crippen LogP contribution is 2.41. The molecule has 6 heteroatoms. The van der Waals surface area contributed by atoms with E-state index < -0.39 is 0 Å². The first kappa shape index (κ1) is 20.5. The zero-order valence-corrected chi connectivity index (χ0v) is 17.6. The van der Waals surface area contributed by atoms with Crippen LogP contribution >= 0.6 is 0 Å². The lowest BCUT2D eigenvalue weighted by atomic mass is 9.87. The molecule has 2 aromatic carbocycles. The summed E-state index contributed by atoms with van der Waals surface area (Å²) in [6.45, 7) is 0.456. The van der Waals surface area contributed by atoms with Gasteiger partial charge in [0.05, 0.1) is 14.2 Å². The highest BCUT2D eigenvalue weighted by Gasteiger charge is 2.26. The zero-order valence-electron chi connectivity index (χ0n) is 17.6. The Balaban J connectivity index is 1.69. The second-order valence-corrected chi connectivity index (χ2v) is 7.26. The van der Waals surface area contributed by atoms with E-state index in [9.17, 15) is 4.79 Å². The number of ether oxygens (including phenoxy) is 2. The van der Waals surface area contributed by atoms with Crippen molar-refractivity contribution < 1.29 is 14.3 Å². The molecule has 0 aliphatic rings. The molecule has 6 nitrogen and oxygen atoms in total. The molecule has 0 fully saturated rings. The van der Waals surface area contributed by atoms with Crippen LogP contribution in [-0.4, -0.2) is 30.1 Å². The summed E-state index contributed by atoms with van der Waals surface area (Å²) in [5.74, 6) is 1.03. The predicted octanol–water partition coefficient (Wildman–Crippen LogP) is 4.42. The molecular formula is C25H25N3O3. The SMILES string of the molecule is COc1cccc([C@@H](CC(=O)NCc2ccncc2)c2c[nH]c3ccccc23)c1OC. The minimum atomic E-state index is -0.210. The third-order valence-electron chi connectivity index (χ3n) is 5.43. The van der Waals surface area contributed by atoms with Crippen LogP contribution in [0.1, 0.15) is 29.0 Å². The number of rotatable bonds is 8. The van der Waals surface area contributed by atoms with Crippen molar-refractivity contribution in [1.82, 2.24) is 15.3 Å². The van der Waals surface area contributed by atoms with Crippen molar-refractivity contribution in [2.45, 2.75) is 18.9 Å². The van der Waals surface area contributed by atoms with E-state index in [1.54, 1.807) is 26.6 Å². The first-order valence-electron chi connectivity index (χ1n) is 10.1. The maximum Gasteiger partial charge on any atom is 0.221 e. The summed E-state index contributed by atoms with van der Waals surface area (Å²) in [4.78, 5) is 20.3. The molecule has 1 atom stereocenters. The molecule has 0 spiro atoms. The molecule has 0 radical (unpaired) electrons. The zero-order chi connectivity index (χ0) is 21.6. The molecule has 1 amide bonds. The maximum atomic E-state index is 13.0. The van der Waals surface area contributed by atoms with Gasteiger partial charge in [0, 0.05) is 53.9 Å². The fourth-order valence-corrected chi connectivity index (χ4v) is 3.91. The van der Waals surface area contributed by atoms with Crippen LogP contribution in [0, 0.1) is 0 Å². The normalized spacial score (nSPS) is 11.8. The summed E-state index contributed by atoms with van der Waals surface area (Å²) >= 11 is 0. The average molecular weight is 415 g/mol. The number of amides is 1. The summed E-state index contributed by atoms with van der Waals surface area (Å²) in [7, 11) is 3.24. The highest BCUT2D eigenvalue weighted by atomic mass is 16.5. The fourth-order valence-electron chi connectivity index (χ4n) is 3.91. The van der Waals surface area contributed by atoms with E-state index in [1.165, 1.54) is 0 Å². The molecule has 0 bridgehead atoms. The largest absolute Gasteiger partial charge is 0.493 e. The lowest BCUT2D eigenvalue weighted by Crippen LogP contribution is -2.25. The Morgan fingerprint density at radius 3 is 2.58 bits per heavy atom. The molecule has 0 unspecified atom stereocenters. The van der Waals surface area contributed by atoms with Crippen LogP contribution in [0.3, 0.4) is 0 Å². The Hall–Kier alpha value is -3.80. The summed E-state index contributed by atoms with van der Waals surface area (Å²) in [6.07, 6.45) is 5.69. The van der Waals surface area contributed by atoms with Crippen molar-refractivity contribution in [2.24, 2.45) is 0 Å². The average Bonchev–Trinajstić information content (AvgIpc) is 3.25. The van der Waals surface area contributed by atoms with Gasteiger partial charge in [-0.2, -0.15) is 0 Å². The summed E-state index contributed by atoms with van der Waals surface area (Å²) < 4.78 is 11.2. The van der Waals surface area contributed by atoms with Crippen molar-refractivity contribution >= 4 is 16.8 Å². The summed E-state index contributed by atoms with van der Waals surface area (Å²) in [6, 6.07) is 17.6. The van der Waals surface area contributed by atoms with Gasteiger partial charge in [-0.25, -0.2) is 0 Å². The summed E-state index contributed by atoms with van der Waals surface area (Å²) in [5.41, 5.74) is 3.99. The van der Waals surface area contributed by atoms with Gasteiger partial charge >= 0.3 is 0 Å². The van der Waals surface area contributed by atoms with Crippen LogP contribution < -0.4 is 14.8 Å². The number of nitrogens with zero attached hydrogens (tertiary/aromatic N) is 1. The van der Waals surface area contributed by atoms with Crippen LogP contribution in [0.5, 0.6) is 11.5 Å². The molecule has 4 aromatic rings. The van der Waals surface area contributed by atoms with E-state index in [1.807, 2.05) is 54.7 Å². The quantitative estimate of drug-likeness (QED) is 0.447.